The second-order valence-corrected chi connectivity index (χ2v) is 6.04. The van der Waals surface area contributed by atoms with E-state index in [1.54, 1.807) is 21.9 Å². The SMILES string of the molecule is O=C(CN1CCOCC1)N1CCN(C(=O)c2ccccc2F)CC1. The highest BCUT2D eigenvalue weighted by atomic mass is 19.1. The summed E-state index contributed by atoms with van der Waals surface area (Å²) in [6, 6.07) is 6.00. The van der Waals surface area contributed by atoms with Gasteiger partial charge in [0.05, 0.1) is 25.3 Å². The number of morpholine rings is 1. The molecule has 0 aliphatic carbocycles. The van der Waals surface area contributed by atoms with Crippen LogP contribution in [0.15, 0.2) is 24.3 Å². The van der Waals surface area contributed by atoms with Crippen molar-refractivity contribution in [3.63, 3.8) is 0 Å². The molecule has 0 N–H and O–H groups in total. The molecule has 1 aromatic carbocycles. The number of halogens is 1. The molecule has 2 saturated heterocycles. The molecule has 130 valence electrons. The molecule has 6 nitrogen and oxygen atoms in total. The molecule has 3 rings (SSSR count). The van der Waals surface area contributed by atoms with Crippen molar-refractivity contribution < 1.29 is 18.7 Å². The Morgan fingerprint density at radius 1 is 0.958 bits per heavy atom. The van der Waals surface area contributed by atoms with Crippen LogP contribution in [0.5, 0.6) is 0 Å². The maximum absolute atomic E-state index is 13.7. The first-order chi connectivity index (χ1) is 11.6. The van der Waals surface area contributed by atoms with Gasteiger partial charge in [0.25, 0.3) is 5.91 Å². The Bertz CT molecular complexity index is 596. The second-order valence-electron chi connectivity index (χ2n) is 6.04. The minimum Gasteiger partial charge on any atom is -0.379 e. The van der Waals surface area contributed by atoms with Crippen molar-refractivity contribution in [3.8, 4) is 0 Å². The van der Waals surface area contributed by atoms with Gasteiger partial charge in [-0.3, -0.25) is 14.5 Å². The molecule has 1 aromatic rings. The lowest BCUT2D eigenvalue weighted by Gasteiger charge is -2.36. The lowest BCUT2D eigenvalue weighted by molar-refractivity contribution is -0.134. The van der Waals surface area contributed by atoms with Gasteiger partial charge < -0.3 is 14.5 Å². The smallest absolute Gasteiger partial charge is 0.256 e. The molecule has 2 heterocycles. The Labute approximate surface area is 140 Å². The van der Waals surface area contributed by atoms with Crippen molar-refractivity contribution in [2.24, 2.45) is 0 Å². The highest BCUT2D eigenvalue weighted by Gasteiger charge is 2.27. The van der Waals surface area contributed by atoms with E-state index < -0.39 is 5.82 Å². The van der Waals surface area contributed by atoms with Gasteiger partial charge in [0.2, 0.25) is 5.91 Å². The number of nitrogens with zero attached hydrogens (tertiary/aromatic N) is 3. The number of piperazine rings is 1. The number of ether oxygens (including phenoxy) is 1. The van der Waals surface area contributed by atoms with Gasteiger partial charge in [-0.2, -0.15) is 0 Å². The van der Waals surface area contributed by atoms with Gasteiger partial charge in [0.15, 0.2) is 0 Å². The van der Waals surface area contributed by atoms with Crippen LogP contribution in [0.3, 0.4) is 0 Å². The fraction of sp³-hybridized carbons (Fsp3) is 0.529. The van der Waals surface area contributed by atoms with Crippen molar-refractivity contribution in [2.75, 3.05) is 59.0 Å². The van der Waals surface area contributed by atoms with Crippen LogP contribution in [0.1, 0.15) is 10.4 Å². The standard InChI is InChI=1S/C17H22FN3O3/c18-15-4-2-1-3-14(15)17(23)21-7-5-20(6-8-21)16(22)13-19-9-11-24-12-10-19/h1-4H,5-13H2. The molecule has 0 unspecified atom stereocenters. The van der Waals surface area contributed by atoms with Gasteiger partial charge in [0, 0.05) is 39.3 Å². The summed E-state index contributed by atoms with van der Waals surface area (Å²) in [7, 11) is 0. The fourth-order valence-electron chi connectivity index (χ4n) is 3.01. The molecule has 0 saturated carbocycles. The molecule has 0 bridgehead atoms. The van der Waals surface area contributed by atoms with Crippen molar-refractivity contribution in [2.45, 2.75) is 0 Å². The molecule has 0 atom stereocenters. The Balaban J connectivity index is 1.51. The predicted molar refractivity (Wildman–Crippen MR) is 86.1 cm³/mol. The van der Waals surface area contributed by atoms with Crippen LogP contribution in [0.2, 0.25) is 0 Å². The van der Waals surface area contributed by atoms with Gasteiger partial charge >= 0.3 is 0 Å². The first-order valence-corrected chi connectivity index (χ1v) is 8.27. The van der Waals surface area contributed by atoms with Crippen LogP contribution in [-0.2, 0) is 9.53 Å². The van der Waals surface area contributed by atoms with Crippen molar-refractivity contribution in [1.29, 1.82) is 0 Å². The van der Waals surface area contributed by atoms with Crippen molar-refractivity contribution >= 4 is 11.8 Å². The largest absolute Gasteiger partial charge is 0.379 e. The van der Waals surface area contributed by atoms with E-state index in [9.17, 15) is 14.0 Å². The topological polar surface area (TPSA) is 53.1 Å². The van der Waals surface area contributed by atoms with Crippen LogP contribution < -0.4 is 0 Å². The van der Waals surface area contributed by atoms with E-state index >= 15 is 0 Å². The summed E-state index contributed by atoms with van der Waals surface area (Å²) < 4.78 is 19.0. The summed E-state index contributed by atoms with van der Waals surface area (Å²) in [6.45, 7) is 5.12. The van der Waals surface area contributed by atoms with Gasteiger partial charge in [-0.05, 0) is 12.1 Å². The van der Waals surface area contributed by atoms with Crippen molar-refractivity contribution in [1.82, 2.24) is 14.7 Å². The van der Waals surface area contributed by atoms with Gasteiger partial charge in [-0.15, -0.1) is 0 Å². The third kappa shape index (κ3) is 3.91. The summed E-state index contributed by atoms with van der Waals surface area (Å²) in [4.78, 5) is 30.2. The second kappa shape index (κ2) is 7.72. The maximum atomic E-state index is 13.7. The van der Waals surface area contributed by atoms with Crippen LogP contribution in [0, 0.1) is 5.82 Å². The summed E-state index contributed by atoms with van der Waals surface area (Å²) in [5, 5.41) is 0. The fourth-order valence-corrected chi connectivity index (χ4v) is 3.01. The number of carbonyl (C=O) groups excluding carboxylic acids is 2. The quantitative estimate of drug-likeness (QED) is 0.804. The van der Waals surface area contributed by atoms with E-state index in [0.717, 1.165) is 13.1 Å². The average molecular weight is 335 g/mol. The Morgan fingerprint density at radius 3 is 2.25 bits per heavy atom. The highest BCUT2D eigenvalue weighted by Crippen LogP contribution is 2.12. The Kier molecular flexibility index (Phi) is 5.42. The molecule has 7 heteroatoms. The minimum absolute atomic E-state index is 0.0786. The van der Waals surface area contributed by atoms with Crippen LogP contribution in [0.25, 0.3) is 0 Å². The van der Waals surface area contributed by atoms with E-state index in [-0.39, 0.29) is 17.4 Å². The number of rotatable bonds is 3. The summed E-state index contributed by atoms with van der Waals surface area (Å²) >= 11 is 0. The van der Waals surface area contributed by atoms with Gasteiger partial charge in [-0.25, -0.2) is 4.39 Å². The molecule has 0 aromatic heterocycles. The Morgan fingerprint density at radius 2 is 1.58 bits per heavy atom. The molecule has 2 fully saturated rings. The lowest BCUT2D eigenvalue weighted by atomic mass is 10.1. The molecule has 2 aliphatic heterocycles. The average Bonchev–Trinajstić information content (AvgIpc) is 2.62. The molecule has 24 heavy (non-hydrogen) atoms. The molecular weight excluding hydrogens is 313 g/mol. The molecule has 2 amide bonds. The molecular formula is C17H22FN3O3. The van der Waals surface area contributed by atoms with E-state index in [4.69, 9.17) is 4.74 Å². The maximum Gasteiger partial charge on any atom is 0.256 e. The number of hydrogen-bond donors (Lipinski definition) is 0. The van der Waals surface area contributed by atoms with E-state index in [2.05, 4.69) is 4.90 Å². The number of carbonyl (C=O) groups is 2. The van der Waals surface area contributed by atoms with E-state index in [1.807, 2.05) is 0 Å². The van der Waals surface area contributed by atoms with Crippen LogP contribution in [-0.4, -0.2) is 85.5 Å². The van der Waals surface area contributed by atoms with Crippen LogP contribution in [0.4, 0.5) is 4.39 Å². The number of hydrogen-bond acceptors (Lipinski definition) is 4. The monoisotopic (exact) mass is 335 g/mol. The summed E-state index contributed by atoms with van der Waals surface area (Å²) in [5.41, 5.74) is 0.0885. The molecule has 2 aliphatic rings. The third-order valence-electron chi connectivity index (χ3n) is 4.49. The number of benzene rings is 1. The van der Waals surface area contributed by atoms with Gasteiger partial charge in [-0.1, -0.05) is 12.1 Å². The van der Waals surface area contributed by atoms with Gasteiger partial charge in [0.1, 0.15) is 5.82 Å². The zero-order valence-electron chi connectivity index (χ0n) is 13.6. The zero-order chi connectivity index (χ0) is 16.9. The highest BCUT2D eigenvalue weighted by molar-refractivity contribution is 5.94. The third-order valence-corrected chi connectivity index (χ3v) is 4.49. The molecule has 0 radical (unpaired) electrons. The Hall–Kier alpha value is -1.99. The van der Waals surface area contributed by atoms with E-state index in [0.29, 0.717) is 45.9 Å². The van der Waals surface area contributed by atoms with Crippen molar-refractivity contribution in [3.05, 3.63) is 35.6 Å². The zero-order valence-corrected chi connectivity index (χ0v) is 13.6. The van der Waals surface area contributed by atoms with Crippen LogP contribution >= 0.6 is 0 Å². The normalized spacial score (nSPS) is 19.4. The summed E-state index contributed by atoms with van der Waals surface area (Å²) in [6.07, 6.45) is 0. The first-order valence-electron chi connectivity index (χ1n) is 8.27. The lowest BCUT2D eigenvalue weighted by Crippen LogP contribution is -2.53. The number of amides is 2. The first kappa shape index (κ1) is 16.9. The molecule has 0 spiro atoms. The minimum atomic E-state index is -0.506. The summed E-state index contributed by atoms with van der Waals surface area (Å²) in [5.74, 6) is -0.739. The van der Waals surface area contributed by atoms with E-state index in [1.165, 1.54) is 12.1 Å². The predicted octanol–water partition coefficient (Wildman–Crippen LogP) is 0.442.